The van der Waals surface area contributed by atoms with Gasteiger partial charge in [-0.3, -0.25) is 0 Å². The number of hydrogen-bond acceptors (Lipinski definition) is 1. The number of carboxylic acid groups (broad SMARTS) is 1. The molecule has 13 heavy (non-hydrogen) atoms. The highest BCUT2D eigenvalue weighted by molar-refractivity contribution is 5.65. The van der Waals surface area contributed by atoms with Crippen molar-refractivity contribution in [3.8, 4) is 0 Å². The largest absolute Gasteiger partial charge is 0.465 e. The van der Waals surface area contributed by atoms with Gasteiger partial charge >= 0.3 is 6.09 Å². The van der Waals surface area contributed by atoms with Crippen molar-refractivity contribution in [3.05, 3.63) is 35.4 Å². The Bertz CT molecular complexity index is 335. The van der Waals surface area contributed by atoms with Crippen LogP contribution in [0.1, 0.15) is 23.6 Å². The lowest BCUT2D eigenvalue weighted by Crippen LogP contribution is -2.24. The van der Waals surface area contributed by atoms with E-state index in [0.717, 1.165) is 18.4 Å². The molecule has 0 fully saturated rings. The Morgan fingerprint density at radius 2 is 2.23 bits per heavy atom. The summed E-state index contributed by atoms with van der Waals surface area (Å²) in [5.41, 5.74) is 2.39. The summed E-state index contributed by atoms with van der Waals surface area (Å²) in [7, 11) is 0. The zero-order chi connectivity index (χ0) is 9.26. The van der Waals surface area contributed by atoms with E-state index in [1.54, 1.807) is 0 Å². The molecule has 1 amide bonds. The second-order valence-corrected chi connectivity index (χ2v) is 3.24. The van der Waals surface area contributed by atoms with E-state index in [9.17, 15) is 4.79 Å². The van der Waals surface area contributed by atoms with Crippen LogP contribution in [0.25, 0.3) is 0 Å². The molecular formula is C10H11NO2. The number of fused-ring (bicyclic) bond motifs is 1. The van der Waals surface area contributed by atoms with E-state index in [0.29, 0.717) is 0 Å². The highest BCUT2D eigenvalue weighted by Gasteiger charge is 2.22. The van der Waals surface area contributed by atoms with Gasteiger partial charge in [-0.1, -0.05) is 24.3 Å². The molecule has 0 saturated heterocycles. The van der Waals surface area contributed by atoms with E-state index >= 15 is 0 Å². The van der Waals surface area contributed by atoms with Gasteiger partial charge in [0.1, 0.15) is 0 Å². The first-order valence-corrected chi connectivity index (χ1v) is 4.34. The monoisotopic (exact) mass is 177 g/mol. The molecular weight excluding hydrogens is 166 g/mol. The molecule has 0 aliphatic heterocycles. The molecule has 0 spiro atoms. The molecule has 2 N–H and O–H groups in total. The number of nitrogens with one attached hydrogen (secondary N) is 1. The molecule has 0 radical (unpaired) electrons. The molecule has 1 atom stereocenters. The van der Waals surface area contributed by atoms with Crippen molar-refractivity contribution in [2.75, 3.05) is 0 Å². The number of hydrogen-bond donors (Lipinski definition) is 2. The lowest BCUT2D eigenvalue weighted by Gasteiger charge is -2.10. The minimum Gasteiger partial charge on any atom is -0.465 e. The Morgan fingerprint density at radius 1 is 1.46 bits per heavy atom. The van der Waals surface area contributed by atoms with Gasteiger partial charge < -0.3 is 10.4 Å². The van der Waals surface area contributed by atoms with Crippen LogP contribution in [0.5, 0.6) is 0 Å². The van der Waals surface area contributed by atoms with Crippen LogP contribution >= 0.6 is 0 Å². The second-order valence-electron chi connectivity index (χ2n) is 3.24. The molecule has 1 unspecified atom stereocenters. The maximum absolute atomic E-state index is 10.5. The Morgan fingerprint density at radius 3 is 3.00 bits per heavy atom. The summed E-state index contributed by atoms with van der Waals surface area (Å²) < 4.78 is 0. The van der Waals surface area contributed by atoms with Gasteiger partial charge in [-0.2, -0.15) is 0 Å². The average molecular weight is 177 g/mol. The van der Waals surface area contributed by atoms with Crippen LogP contribution in [0.2, 0.25) is 0 Å². The standard InChI is InChI=1S/C10H11NO2/c12-10(13)11-9-6-5-7-3-1-2-4-8(7)9/h1-4,9,11H,5-6H2,(H,12,13). The number of amides is 1. The molecule has 0 heterocycles. The van der Waals surface area contributed by atoms with Crippen molar-refractivity contribution in [1.82, 2.24) is 5.32 Å². The van der Waals surface area contributed by atoms with Crippen molar-refractivity contribution in [2.45, 2.75) is 18.9 Å². The first-order valence-electron chi connectivity index (χ1n) is 4.34. The molecule has 1 aliphatic rings. The molecule has 1 aromatic carbocycles. The van der Waals surface area contributed by atoms with Crippen LogP contribution in [-0.2, 0) is 6.42 Å². The van der Waals surface area contributed by atoms with Gasteiger partial charge in [-0.15, -0.1) is 0 Å². The smallest absolute Gasteiger partial charge is 0.405 e. The number of rotatable bonds is 1. The van der Waals surface area contributed by atoms with Crippen LogP contribution in [0.15, 0.2) is 24.3 Å². The van der Waals surface area contributed by atoms with Gasteiger partial charge in [0.05, 0.1) is 6.04 Å². The van der Waals surface area contributed by atoms with Gasteiger partial charge in [0.25, 0.3) is 0 Å². The molecule has 1 aromatic rings. The summed E-state index contributed by atoms with van der Waals surface area (Å²) in [6.07, 6.45) is 0.911. The van der Waals surface area contributed by atoms with E-state index in [1.165, 1.54) is 5.56 Å². The van der Waals surface area contributed by atoms with Gasteiger partial charge in [-0.25, -0.2) is 4.79 Å². The summed E-state index contributed by atoms with van der Waals surface area (Å²) in [4.78, 5) is 10.5. The molecule has 68 valence electrons. The Labute approximate surface area is 76.4 Å². The normalized spacial score (nSPS) is 19.5. The molecule has 3 heteroatoms. The first-order chi connectivity index (χ1) is 6.27. The van der Waals surface area contributed by atoms with Gasteiger partial charge in [0, 0.05) is 0 Å². The highest BCUT2D eigenvalue weighted by Crippen LogP contribution is 2.30. The SMILES string of the molecule is O=C(O)NC1CCc2ccccc21. The van der Waals surface area contributed by atoms with Gasteiger partial charge in [0.15, 0.2) is 0 Å². The fraction of sp³-hybridized carbons (Fsp3) is 0.300. The third-order valence-corrected chi connectivity index (χ3v) is 2.43. The summed E-state index contributed by atoms with van der Waals surface area (Å²) in [6.45, 7) is 0. The van der Waals surface area contributed by atoms with Crippen LogP contribution in [0.4, 0.5) is 4.79 Å². The lowest BCUT2D eigenvalue weighted by atomic mass is 10.1. The third-order valence-electron chi connectivity index (χ3n) is 2.43. The first kappa shape index (κ1) is 8.10. The van der Waals surface area contributed by atoms with Crippen LogP contribution in [0.3, 0.4) is 0 Å². The van der Waals surface area contributed by atoms with Crippen LogP contribution < -0.4 is 5.32 Å². The molecule has 1 aliphatic carbocycles. The molecule has 0 aromatic heterocycles. The maximum Gasteiger partial charge on any atom is 0.405 e. The predicted molar refractivity (Wildman–Crippen MR) is 48.7 cm³/mol. The van der Waals surface area contributed by atoms with Gasteiger partial charge in [-0.05, 0) is 24.0 Å². The number of carbonyl (C=O) groups is 1. The van der Waals surface area contributed by atoms with Crippen LogP contribution in [0, 0.1) is 0 Å². The maximum atomic E-state index is 10.5. The minimum absolute atomic E-state index is 0.00583. The van der Waals surface area contributed by atoms with Crippen molar-refractivity contribution >= 4 is 6.09 Å². The third kappa shape index (κ3) is 1.49. The Kier molecular flexibility index (Phi) is 1.93. The van der Waals surface area contributed by atoms with Crippen LogP contribution in [-0.4, -0.2) is 11.2 Å². The fourth-order valence-corrected chi connectivity index (χ4v) is 1.86. The van der Waals surface area contributed by atoms with Crippen molar-refractivity contribution < 1.29 is 9.90 Å². The van der Waals surface area contributed by atoms with Crippen molar-refractivity contribution in [3.63, 3.8) is 0 Å². The van der Waals surface area contributed by atoms with Crippen molar-refractivity contribution in [2.24, 2.45) is 0 Å². The summed E-state index contributed by atoms with van der Waals surface area (Å²) >= 11 is 0. The minimum atomic E-state index is -0.943. The predicted octanol–water partition coefficient (Wildman–Crippen LogP) is 1.94. The van der Waals surface area contributed by atoms with E-state index in [-0.39, 0.29) is 6.04 Å². The van der Waals surface area contributed by atoms with Gasteiger partial charge in [0.2, 0.25) is 0 Å². The number of aryl methyl sites for hydroxylation is 1. The van der Waals surface area contributed by atoms with E-state index in [2.05, 4.69) is 11.4 Å². The van der Waals surface area contributed by atoms with E-state index in [4.69, 9.17) is 5.11 Å². The Hall–Kier alpha value is -1.51. The lowest BCUT2D eigenvalue weighted by molar-refractivity contribution is 0.190. The topological polar surface area (TPSA) is 49.3 Å². The summed E-state index contributed by atoms with van der Waals surface area (Å²) in [5.74, 6) is 0. The fourth-order valence-electron chi connectivity index (χ4n) is 1.86. The van der Waals surface area contributed by atoms with E-state index < -0.39 is 6.09 Å². The molecule has 2 rings (SSSR count). The quantitative estimate of drug-likeness (QED) is 0.688. The summed E-state index contributed by atoms with van der Waals surface area (Å²) in [6, 6.07) is 7.97. The zero-order valence-electron chi connectivity index (χ0n) is 7.16. The van der Waals surface area contributed by atoms with Crippen molar-refractivity contribution in [1.29, 1.82) is 0 Å². The summed E-state index contributed by atoms with van der Waals surface area (Å²) in [5, 5.41) is 11.1. The Balaban J connectivity index is 2.23. The second kappa shape index (κ2) is 3.09. The van der Waals surface area contributed by atoms with E-state index in [1.807, 2.05) is 18.2 Å². The molecule has 3 nitrogen and oxygen atoms in total. The number of benzene rings is 1. The molecule has 0 bridgehead atoms. The highest BCUT2D eigenvalue weighted by atomic mass is 16.4. The average Bonchev–Trinajstić information content (AvgIpc) is 2.48. The molecule has 0 saturated carbocycles. The zero-order valence-corrected chi connectivity index (χ0v) is 7.16.